The first kappa shape index (κ1) is 9.99. The molecule has 0 atom stereocenters. The summed E-state index contributed by atoms with van der Waals surface area (Å²) in [5, 5.41) is 0. The number of hydrogen-bond donors (Lipinski definition) is 2. The molecule has 14 heavy (non-hydrogen) atoms. The molecule has 0 aliphatic heterocycles. The van der Waals surface area contributed by atoms with E-state index in [-0.39, 0.29) is 0 Å². The number of rotatable bonds is 3. The van der Waals surface area contributed by atoms with Gasteiger partial charge in [-0.05, 0) is 0 Å². The van der Waals surface area contributed by atoms with E-state index in [1.807, 2.05) is 12.4 Å². The molecule has 2 aromatic rings. The van der Waals surface area contributed by atoms with Gasteiger partial charge in [0.25, 0.3) is 0 Å². The van der Waals surface area contributed by atoms with Crippen LogP contribution in [0.25, 0.3) is 0 Å². The van der Waals surface area contributed by atoms with Crippen LogP contribution in [-0.2, 0) is 14.1 Å². The first-order valence-corrected chi connectivity index (χ1v) is 10.2. The van der Waals surface area contributed by atoms with Crippen molar-refractivity contribution in [1.29, 1.82) is 0 Å². The summed E-state index contributed by atoms with van der Waals surface area (Å²) in [4.78, 5) is 6.54. The van der Waals surface area contributed by atoms with Crippen LogP contribution in [0.1, 0.15) is 0 Å². The Morgan fingerprint density at radius 2 is 1.36 bits per heavy atom. The molecule has 6 heteroatoms. The number of nitrogens with zero attached hydrogens (tertiary/aromatic N) is 2. The SMILES string of the molecule is C[n+]1cc[nH]c1[Se][Se]c1[nH]cc[n+]1C. The Kier molecular flexibility index (Phi) is 3.08. The van der Waals surface area contributed by atoms with Crippen molar-refractivity contribution in [3.05, 3.63) is 24.8 Å². The van der Waals surface area contributed by atoms with Crippen LogP contribution < -0.4 is 18.6 Å². The fourth-order valence-corrected chi connectivity index (χ4v) is 7.93. The van der Waals surface area contributed by atoms with Crippen molar-refractivity contribution >= 4 is 35.7 Å². The molecule has 0 bridgehead atoms. The Bertz CT molecular complexity index is 380. The van der Waals surface area contributed by atoms with Gasteiger partial charge in [0, 0.05) is 0 Å². The number of H-pyrrole nitrogens is 2. The van der Waals surface area contributed by atoms with Gasteiger partial charge in [0.05, 0.1) is 0 Å². The molecule has 0 saturated heterocycles. The number of aromatic amines is 2. The van der Waals surface area contributed by atoms with Gasteiger partial charge in [0.15, 0.2) is 0 Å². The topological polar surface area (TPSA) is 39.3 Å². The van der Waals surface area contributed by atoms with E-state index in [0.717, 1.165) is 0 Å². The van der Waals surface area contributed by atoms with Gasteiger partial charge in [-0.15, -0.1) is 0 Å². The van der Waals surface area contributed by atoms with E-state index >= 15 is 0 Å². The van der Waals surface area contributed by atoms with Gasteiger partial charge in [0.1, 0.15) is 0 Å². The fraction of sp³-hybridized carbons (Fsp3) is 0.250. The summed E-state index contributed by atoms with van der Waals surface area (Å²) < 4.78 is 6.99. The van der Waals surface area contributed by atoms with Crippen LogP contribution in [0.2, 0.25) is 0 Å². The van der Waals surface area contributed by atoms with E-state index in [0.29, 0.717) is 26.3 Å². The summed E-state index contributed by atoms with van der Waals surface area (Å²) in [5.74, 6) is 0. The molecule has 0 saturated carbocycles. The van der Waals surface area contributed by atoms with Crippen molar-refractivity contribution in [2.24, 2.45) is 14.1 Å². The van der Waals surface area contributed by atoms with Gasteiger partial charge in [-0.1, -0.05) is 0 Å². The molecular weight excluding hydrogens is 310 g/mol. The van der Waals surface area contributed by atoms with Crippen LogP contribution in [-0.4, -0.2) is 36.2 Å². The molecule has 0 aliphatic rings. The Labute approximate surface area is 93.6 Å². The quantitative estimate of drug-likeness (QED) is 0.455. The van der Waals surface area contributed by atoms with E-state index in [1.165, 1.54) is 9.45 Å². The molecule has 0 aliphatic carbocycles. The van der Waals surface area contributed by atoms with Crippen molar-refractivity contribution in [2.75, 3.05) is 0 Å². The third-order valence-corrected chi connectivity index (χ3v) is 8.74. The number of nitrogens with one attached hydrogen (secondary N) is 2. The molecule has 0 amide bonds. The zero-order chi connectivity index (χ0) is 9.97. The molecule has 4 nitrogen and oxygen atoms in total. The molecule has 74 valence electrons. The summed E-state index contributed by atoms with van der Waals surface area (Å²) in [6.45, 7) is 0. The second-order valence-electron chi connectivity index (χ2n) is 2.92. The van der Waals surface area contributed by atoms with Gasteiger partial charge < -0.3 is 0 Å². The number of imidazole rings is 2. The summed E-state index contributed by atoms with van der Waals surface area (Å²) in [5.41, 5.74) is 0. The van der Waals surface area contributed by atoms with Crippen LogP contribution in [0.5, 0.6) is 0 Å². The zero-order valence-corrected chi connectivity index (χ0v) is 11.4. The second-order valence-corrected chi connectivity index (χ2v) is 8.87. The van der Waals surface area contributed by atoms with Gasteiger partial charge in [0.2, 0.25) is 0 Å². The molecule has 0 aromatic carbocycles. The Morgan fingerprint density at radius 3 is 1.64 bits per heavy atom. The summed E-state index contributed by atoms with van der Waals surface area (Å²) in [7, 11) is 4.16. The Balaban J connectivity index is 2.02. The van der Waals surface area contributed by atoms with Crippen molar-refractivity contribution in [3.63, 3.8) is 0 Å². The van der Waals surface area contributed by atoms with E-state index in [9.17, 15) is 0 Å². The fourth-order valence-electron chi connectivity index (χ4n) is 1.02. The first-order chi connectivity index (χ1) is 6.77. The Hall–Kier alpha value is -0.541. The predicted molar refractivity (Wildman–Crippen MR) is 54.7 cm³/mol. The normalized spacial score (nSPS) is 10.7. The molecule has 0 unspecified atom stereocenters. The van der Waals surface area contributed by atoms with Gasteiger partial charge in [-0.2, -0.15) is 0 Å². The van der Waals surface area contributed by atoms with Crippen molar-refractivity contribution in [2.45, 2.75) is 0 Å². The van der Waals surface area contributed by atoms with Crippen LogP contribution in [0, 0.1) is 0 Å². The number of aryl methyl sites for hydroxylation is 2. The van der Waals surface area contributed by atoms with Crippen LogP contribution >= 0.6 is 0 Å². The first-order valence-electron chi connectivity index (χ1n) is 4.18. The van der Waals surface area contributed by atoms with Crippen LogP contribution in [0.4, 0.5) is 0 Å². The number of aromatic nitrogens is 4. The van der Waals surface area contributed by atoms with E-state index < -0.39 is 0 Å². The molecule has 2 N–H and O–H groups in total. The summed E-state index contributed by atoms with van der Waals surface area (Å²) >= 11 is 1.04. The summed E-state index contributed by atoms with van der Waals surface area (Å²) in [6, 6.07) is 0. The molecular formula is C8H12N4Se2+2. The number of hydrogen-bond acceptors (Lipinski definition) is 0. The molecule has 0 fully saturated rings. The van der Waals surface area contributed by atoms with E-state index in [2.05, 4.69) is 45.6 Å². The van der Waals surface area contributed by atoms with Gasteiger partial charge in [-0.3, -0.25) is 0 Å². The summed E-state index contributed by atoms with van der Waals surface area (Å²) in [6.07, 6.45) is 8.09. The minimum atomic E-state index is 0.522. The van der Waals surface area contributed by atoms with Crippen molar-refractivity contribution in [3.8, 4) is 0 Å². The van der Waals surface area contributed by atoms with Gasteiger partial charge >= 0.3 is 93.7 Å². The van der Waals surface area contributed by atoms with E-state index in [1.54, 1.807) is 0 Å². The average Bonchev–Trinajstić information content (AvgIpc) is 2.72. The van der Waals surface area contributed by atoms with Crippen LogP contribution in [0.15, 0.2) is 24.8 Å². The standard InChI is InChI=1S/C8H10N4Se2/c1-11-5-3-9-7(11)13-14-8-10-4-6-12(8)2/h3-6H,1-2H3/p+2. The monoisotopic (exact) mass is 324 g/mol. The zero-order valence-electron chi connectivity index (χ0n) is 8.02. The van der Waals surface area contributed by atoms with Crippen molar-refractivity contribution < 1.29 is 9.13 Å². The predicted octanol–water partition coefficient (Wildman–Crippen LogP) is -2.73. The maximum absolute atomic E-state index is 3.27. The third-order valence-electron chi connectivity index (χ3n) is 1.85. The Morgan fingerprint density at radius 1 is 0.929 bits per heavy atom. The van der Waals surface area contributed by atoms with Crippen LogP contribution in [0.3, 0.4) is 0 Å². The maximum atomic E-state index is 3.27. The second kappa shape index (κ2) is 4.32. The third kappa shape index (κ3) is 2.10. The minimum absolute atomic E-state index is 0.522. The van der Waals surface area contributed by atoms with E-state index in [4.69, 9.17) is 0 Å². The molecule has 2 heterocycles. The molecule has 0 spiro atoms. The molecule has 2 rings (SSSR count). The van der Waals surface area contributed by atoms with Crippen molar-refractivity contribution in [1.82, 2.24) is 9.97 Å². The molecule has 0 radical (unpaired) electrons. The molecule has 2 aromatic heterocycles. The average molecular weight is 322 g/mol. The van der Waals surface area contributed by atoms with Gasteiger partial charge in [-0.25, -0.2) is 0 Å².